The van der Waals surface area contributed by atoms with Gasteiger partial charge in [-0.3, -0.25) is 4.79 Å². The van der Waals surface area contributed by atoms with Crippen molar-refractivity contribution in [2.45, 2.75) is 173 Å². The summed E-state index contributed by atoms with van der Waals surface area (Å²) in [5, 5.41) is 94.9. The molecule has 2 aliphatic heterocycles. The summed E-state index contributed by atoms with van der Waals surface area (Å²) in [5.41, 5.74) is -0.762. The molecule has 2 heterocycles. The molecular formula is C42H66O15. The zero-order chi connectivity index (χ0) is 41.8. The predicted octanol–water partition coefficient (Wildman–Crippen LogP) is 1.38. The summed E-state index contributed by atoms with van der Waals surface area (Å²) >= 11 is 0. The fraction of sp³-hybridized carbons (Fsp3) is 0.905. The van der Waals surface area contributed by atoms with E-state index in [2.05, 4.69) is 40.7 Å². The van der Waals surface area contributed by atoms with Crippen molar-refractivity contribution in [2.24, 2.45) is 50.2 Å². The number of aliphatic hydroxyl groups is 8. The van der Waals surface area contributed by atoms with Crippen molar-refractivity contribution in [3.05, 3.63) is 11.6 Å². The molecule has 0 spiro atoms. The molecule has 0 amide bonds. The minimum absolute atomic E-state index is 0.0540. The SMILES string of the molecule is CC1(C)CCC2(C(=O)OC3OC(CO)C(OC4OC(C(=O)O)C(O)C(O)C4O)C(O)C3O)CCC3(C)C(=CCC4C5(C)CCC(O)C(C)(CO)C5CCC43C)C2C1. The van der Waals surface area contributed by atoms with E-state index in [1.807, 2.05) is 6.92 Å². The highest BCUT2D eigenvalue weighted by Gasteiger charge is 2.70. The van der Waals surface area contributed by atoms with Gasteiger partial charge in [-0.25, -0.2) is 4.79 Å². The van der Waals surface area contributed by atoms with Crippen LogP contribution in [0.25, 0.3) is 0 Å². The zero-order valence-electron chi connectivity index (χ0n) is 34.1. The molecule has 0 radical (unpaired) electrons. The maximum atomic E-state index is 14.8. The van der Waals surface area contributed by atoms with Gasteiger partial charge >= 0.3 is 11.9 Å². The molecule has 0 aromatic carbocycles. The normalized spacial score (nSPS) is 53.3. The highest BCUT2D eigenvalue weighted by atomic mass is 16.7. The van der Waals surface area contributed by atoms with Crippen LogP contribution >= 0.6 is 0 Å². The smallest absolute Gasteiger partial charge is 0.335 e. The fourth-order valence-electron chi connectivity index (χ4n) is 13.5. The summed E-state index contributed by atoms with van der Waals surface area (Å²) < 4.78 is 22.7. The summed E-state index contributed by atoms with van der Waals surface area (Å²) in [6, 6.07) is 0. The number of fused-ring (bicyclic) bond motifs is 7. The highest BCUT2D eigenvalue weighted by molar-refractivity contribution is 5.79. The third-order valence-corrected chi connectivity index (χ3v) is 17.3. The Morgan fingerprint density at radius 1 is 0.772 bits per heavy atom. The van der Waals surface area contributed by atoms with E-state index in [-0.39, 0.29) is 40.1 Å². The lowest BCUT2D eigenvalue weighted by molar-refractivity contribution is -0.353. The Labute approximate surface area is 334 Å². The first kappa shape index (κ1) is 43.3. The topological polar surface area (TPSA) is 253 Å². The molecule has 0 aromatic rings. The third kappa shape index (κ3) is 6.39. The molecule has 15 heteroatoms. The van der Waals surface area contributed by atoms with Crippen molar-refractivity contribution in [1.29, 1.82) is 0 Å². The Morgan fingerprint density at radius 2 is 1.44 bits per heavy atom. The van der Waals surface area contributed by atoms with Crippen molar-refractivity contribution >= 4 is 11.9 Å². The number of aliphatic carboxylic acids is 1. The van der Waals surface area contributed by atoms with Crippen LogP contribution in [-0.2, 0) is 28.5 Å². The molecule has 7 rings (SSSR count). The first-order valence-electron chi connectivity index (χ1n) is 21.0. The fourth-order valence-corrected chi connectivity index (χ4v) is 13.5. The van der Waals surface area contributed by atoms with Gasteiger partial charge in [0.2, 0.25) is 6.29 Å². The monoisotopic (exact) mass is 810 g/mol. The predicted molar refractivity (Wildman–Crippen MR) is 200 cm³/mol. The molecule has 0 bridgehead atoms. The lowest BCUT2D eigenvalue weighted by Crippen LogP contribution is -2.66. The average molecular weight is 811 g/mol. The van der Waals surface area contributed by atoms with Gasteiger partial charge < -0.3 is 64.9 Å². The van der Waals surface area contributed by atoms with Gasteiger partial charge in [-0.15, -0.1) is 0 Å². The minimum Gasteiger partial charge on any atom is -0.479 e. The van der Waals surface area contributed by atoms with Crippen LogP contribution in [0.15, 0.2) is 11.6 Å². The van der Waals surface area contributed by atoms with Crippen molar-refractivity contribution < 1.29 is 74.5 Å². The Balaban J connectivity index is 1.14. The van der Waals surface area contributed by atoms with E-state index in [0.29, 0.717) is 25.2 Å². The van der Waals surface area contributed by atoms with Crippen LogP contribution in [0.2, 0.25) is 0 Å². The number of esters is 1. The number of hydrogen-bond donors (Lipinski definition) is 9. The van der Waals surface area contributed by atoms with E-state index in [0.717, 1.165) is 44.9 Å². The minimum atomic E-state index is -1.99. The zero-order valence-corrected chi connectivity index (χ0v) is 34.1. The molecular weight excluding hydrogens is 744 g/mol. The first-order chi connectivity index (χ1) is 26.5. The van der Waals surface area contributed by atoms with E-state index in [4.69, 9.17) is 18.9 Å². The number of carbonyl (C=O) groups excluding carboxylic acids is 1. The molecule has 5 aliphatic carbocycles. The Morgan fingerprint density at radius 3 is 2.09 bits per heavy atom. The Bertz CT molecular complexity index is 1590. The van der Waals surface area contributed by atoms with E-state index in [9.17, 15) is 55.5 Å². The van der Waals surface area contributed by atoms with Gasteiger partial charge in [0.05, 0.1) is 24.7 Å². The number of carboxylic acid groups (broad SMARTS) is 1. The van der Waals surface area contributed by atoms with Crippen LogP contribution in [0.3, 0.4) is 0 Å². The number of allylic oxidation sites excluding steroid dienone is 2. The molecule has 0 aromatic heterocycles. The molecule has 19 atom stereocenters. The van der Waals surface area contributed by atoms with E-state index >= 15 is 0 Å². The largest absolute Gasteiger partial charge is 0.479 e. The van der Waals surface area contributed by atoms with Crippen molar-refractivity contribution in [3.8, 4) is 0 Å². The van der Waals surface area contributed by atoms with E-state index in [1.165, 1.54) is 5.57 Å². The number of rotatable bonds is 7. The van der Waals surface area contributed by atoms with Crippen LogP contribution in [-0.4, -0.2) is 139 Å². The van der Waals surface area contributed by atoms with Crippen LogP contribution in [0.1, 0.15) is 106 Å². The summed E-state index contributed by atoms with van der Waals surface area (Å²) in [6.07, 6.45) is -9.02. The number of carboxylic acids is 1. The molecule has 7 aliphatic rings. The summed E-state index contributed by atoms with van der Waals surface area (Å²) in [4.78, 5) is 26.4. The van der Waals surface area contributed by atoms with Gasteiger partial charge in [-0.05, 0) is 104 Å². The number of hydrogen-bond acceptors (Lipinski definition) is 14. The van der Waals surface area contributed by atoms with Gasteiger partial charge in [0.1, 0.15) is 42.7 Å². The molecule has 4 saturated carbocycles. The van der Waals surface area contributed by atoms with Crippen LogP contribution < -0.4 is 0 Å². The van der Waals surface area contributed by atoms with Gasteiger partial charge in [-0.2, -0.15) is 0 Å². The van der Waals surface area contributed by atoms with Crippen LogP contribution in [0.4, 0.5) is 0 Å². The number of aliphatic hydroxyl groups excluding tert-OH is 8. The third-order valence-electron chi connectivity index (χ3n) is 17.3. The second kappa shape index (κ2) is 14.7. The Kier molecular flexibility index (Phi) is 11.2. The number of carbonyl (C=O) groups is 2. The quantitative estimate of drug-likeness (QED) is 0.130. The lowest BCUT2D eigenvalue weighted by atomic mass is 9.33. The van der Waals surface area contributed by atoms with Gasteiger partial charge in [0, 0.05) is 5.41 Å². The second-order valence-corrected chi connectivity index (χ2v) is 20.5. The van der Waals surface area contributed by atoms with Gasteiger partial charge in [0.25, 0.3) is 0 Å². The molecule has 324 valence electrons. The lowest BCUT2D eigenvalue weighted by Gasteiger charge is -2.71. The molecule has 19 unspecified atom stereocenters. The summed E-state index contributed by atoms with van der Waals surface area (Å²) in [5.74, 6) is -1.89. The van der Waals surface area contributed by atoms with Crippen LogP contribution in [0.5, 0.6) is 0 Å². The average Bonchev–Trinajstić information content (AvgIpc) is 3.16. The number of ether oxygens (including phenoxy) is 4. The van der Waals surface area contributed by atoms with Crippen molar-refractivity contribution in [3.63, 3.8) is 0 Å². The maximum absolute atomic E-state index is 14.8. The molecule has 15 nitrogen and oxygen atoms in total. The summed E-state index contributed by atoms with van der Waals surface area (Å²) in [6.45, 7) is 12.8. The standard InChI is InChI=1S/C42H66O15/c1-37(2)13-15-42(36(53)57-34-30(50)28(48)31(22(18-43)54-34)55-35-29(49)26(46)27(47)32(56-35)33(51)52)16-14-40(5)20(21(42)17-37)7-8-24-38(3)11-10-25(45)39(4,19-44)23(38)9-12-41(24,40)6/h7,21-32,34-35,43-50H,8-19H2,1-6H3,(H,51,52). The van der Waals surface area contributed by atoms with E-state index in [1.54, 1.807) is 0 Å². The summed E-state index contributed by atoms with van der Waals surface area (Å²) in [7, 11) is 0. The second-order valence-electron chi connectivity index (χ2n) is 20.5. The Hall–Kier alpha value is -1.76. The first-order valence-corrected chi connectivity index (χ1v) is 21.0. The molecule has 9 N–H and O–H groups in total. The van der Waals surface area contributed by atoms with Gasteiger partial charge in [-0.1, -0.05) is 53.2 Å². The molecule has 2 saturated heterocycles. The van der Waals surface area contributed by atoms with Crippen LogP contribution in [0, 0.1) is 50.2 Å². The van der Waals surface area contributed by atoms with E-state index < -0.39 is 96.9 Å². The molecule has 6 fully saturated rings. The maximum Gasteiger partial charge on any atom is 0.335 e. The van der Waals surface area contributed by atoms with Crippen molar-refractivity contribution in [2.75, 3.05) is 13.2 Å². The highest BCUT2D eigenvalue weighted by Crippen LogP contribution is 2.76. The molecule has 57 heavy (non-hydrogen) atoms. The van der Waals surface area contributed by atoms with Gasteiger partial charge in [0.15, 0.2) is 12.4 Å². The van der Waals surface area contributed by atoms with Crippen molar-refractivity contribution in [1.82, 2.24) is 0 Å².